The average molecular weight is 200 g/mol. The van der Waals surface area contributed by atoms with Gasteiger partial charge in [-0.25, -0.2) is 0 Å². The third-order valence-corrected chi connectivity index (χ3v) is 2.66. The summed E-state index contributed by atoms with van der Waals surface area (Å²) < 4.78 is 10.6. The quantitative estimate of drug-likeness (QED) is 0.653. The van der Waals surface area contributed by atoms with Gasteiger partial charge in [0.05, 0.1) is 6.10 Å². The second-order valence-corrected chi connectivity index (χ2v) is 3.89. The van der Waals surface area contributed by atoms with Crippen molar-refractivity contribution < 1.29 is 14.3 Å². The average Bonchev–Trinajstić information content (AvgIpc) is 2.18. The summed E-state index contributed by atoms with van der Waals surface area (Å²) in [6.45, 7) is 1.99. The molecule has 0 spiro atoms. The Hall–Kier alpha value is -0.570. The molecule has 0 heterocycles. The second-order valence-electron chi connectivity index (χ2n) is 3.89. The van der Waals surface area contributed by atoms with E-state index < -0.39 is 0 Å². The minimum Gasteiger partial charge on any atom is -0.462 e. The van der Waals surface area contributed by atoms with Gasteiger partial charge in [0.2, 0.25) is 0 Å². The zero-order chi connectivity index (χ0) is 10.4. The molecule has 1 aliphatic carbocycles. The SMILES string of the molecule is CCCC(=O)O[C@@H]1CCC[C@@H](OC)C1. The molecule has 0 aromatic rings. The van der Waals surface area contributed by atoms with Gasteiger partial charge in [0, 0.05) is 20.0 Å². The maximum atomic E-state index is 11.2. The minimum absolute atomic E-state index is 0.0609. The minimum atomic E-state index is -0.0609. The van der Waals surface area contributed by atoms with Gasteiger partial charge in [0.1, 0.15) is 6.10 Å². The van der Waals surface area contributed by atoms with E-state index in [1.54, 1.807) is 7.11 Å². The van der Waals surface area contributed by atoms with E-state index >= 15 is 0 Å². The van der Waals surface area contributed by atoms with Gasteiger partial charge < -0.3 is 9.47 Å². The van der Waals surface area contributed by atoms with Crippen LogP contribution in [0.25, 0.3) is 0 Å². The topological polar surface area (TPSA) is 35.5 Å². The van der Waals surface area contributed by atoms with E-state index in [2.05, 4.69) is 0 Å². The zero-order valence-electron chi connectivity index (χ0n) is 9.12. The summed E-state index contributed by atoms with van der Waals surface area (Å²) >= 11 is 0. The molecule has 0 aromatic carbocycles. The molecule has 0 bridgehead atoms. The monoisotopic (exact) mass is 200 g/mol. The van der Waals surface area contributed by atoms with Crippen molar-refractivity contribution in [2.24, 2.45) is 0 Å². The molecule has 0 N–H and O–H groups in total. The highest BCUT2D eigenvalue weighted by molar-refractivity contribution is 5.69. The van der Waals surface area contributed by atoms with Crippen LogP contribution >= 0.6 is 0 Å². The van der Waals surface area contributed by atoms with Crippen LogP contribution in [-0.4, -0.2) is 25.3 Å². The van der Waals surface area contributed by atoms with E-state index in [9.17, 15) is 4.79 Å². The summed E-state index contributed by atoms with van der Waals surface area (Å²) in [7, 11) is 1.72. The largest absolute Gasteiger partial charge is 0.462 e. The molecule has 1 rings (SSSR count). The van der Waals surface area contributed by atoms with Crippen LogP contribution in [0.5, 0.6) is 0 Å². The van der Waals surface area contributed by atoms with E-state index in [0.717, 1.165) is 32.1 Å². The lowest BCUT2D eigenvalue weighted by molar-refractivity contribution is -0.152. The van der Waals surface area contributed by atoms with Gasteiger partial charge in [0.15, 0.2) is 0 Å². The molecule has 3 nitrogen and oxygen atoms in total. The number of rotatable bonds is 4. The number of ether oxygens (including phenoxy) is 2. The van der Waals surface area contributed by atoms with Crippen LogP contribution in [0.1, 0.15) is 45.4 Å². The van der Waals surface area contributed by atoms with Crippen LogP contribution in [0.3, 0.4) is 0 Å². The van der Waals surface area contributed by atoms with Crippen molar-refractivity contribution in [1.29, 1.82) is 0 Å². The van der Waals surface area contributed by atoms with Crippen LogP contribution in [0.15, 0.2) is 0 Å². The third-order valence-electron chi connectivity index (χ3n) is 2.66. The third kappa shape index (κ3) is 3.66. The Balaban J connectivity index is 2.26. The van der Waals surface area contributed by atoms with Gasteiger partial charge in [0.25, 0.3) is 0 Å². The summed E-state index contributed by atoms with van der Waals surface area (Å²) in [5.41, 5.74) is 0. The van der Waals surface area contributed by atoms with Gasteiger partial charge in [-0.05, 0) is 25.7 Å². The molecule has 0 amide bonds. The molecule has 2 atom stereocenters. The first-order valence-corrected chi connectivity index (χ1v) is 5.48. The van der Waals surface area contributed by atoms with E-state index in [1.165, 1.54) is 0 Å². The Morgan fingerprint density at radius 3 is 2.71 bits per heavy atom. The van der Waals surface area contributed by atoms with Gasteiger partial charge >= 0.3 is 5.97 Å². The molecule has 3 heteroatoms. The fraction of sp³-hybridized carbons (Fsp3) is 0.909. The highest BCUT2D eigenvalue weighted by Crippen LogP contribution is 2.23. The van der Waals surface area contributed by atoms with E-state index in [0.29, 0.717) is 6.42 Å². The van der Waals surface area contributed by atoms with Gasteiger partial charge in [-0.3, -0.25) is 4.79 Å². The van der Waals surface area contributed by atoms with Crippen molar-refractivity contribution in [1.82, 2.24) is 0 Å². The van der Waals surface area contributed by atoms with E-state index in [1.807, 2.05) is 6.92 Å². The number of carbonyl (C=O) groups excluding carboxylic acids is 1. The summed E-state index contributed by atoms with van der Waals surface area (Å²) in [5.74, 6) is -0.0609. The molecule has 82 valence electrons. The second kappa shape index (κ2) is 6.02. The van der Waals surface area contributed by atoms with Gasteiger partial charge in [-0.1, -0.05) is 6.92 Å². The Labute approximate surface area is 85.8 Å². The number of hydrogen-bond donors (Lipinski definition) is 0. The van der Waals surface area contributed by atoms with Crippen LogP contribution in [0.2, 0.25) is 0 Å². The summed E-state index contributed by atoms with van der Waals surface area (Å²) in [6.07, 6.45) is 5.83. The maximum Gasteiger partial charge on any atom is 0.306 e. The summed E-state index contributed by atoms with van der Waals surface area (Å²) in [6, 6.07) is 0. The molecule has 14 heavy (non-hydrogen) atoms. The Morgan fingerprint density at radius 2 is 2.07 bits per heavy atom. The lowest BCUT2D eigenvalue weighted by Gasteiger charge is -2.27. The molecule has 0 aromatic heterocycles. The first-order chi connectivity index (χ1) is 6.76. The molecule has 1 saturated carbocycles. The maximum absolute atomic E-state index is 11.2. The molecule has 0 saturated heterocycles. The number of hydrogen-bond acceptors (Lipinski definition) is 3. The van der Waals surface area contributed by atoms with Crippen LogP contribution < -0.4 is 0 Å². The summed E-state index contributed by atoms with van der Waals surface area (Å²) in [5, 5.41) is 0. The van der Waals surface area contributed by atoms with Crippen molar-refractivity contribution >= 4 is 5.97 Å². The lowest BCUT2D eigenvalue weighted by atomic mass is 9.95. The highest BCUT2D eigenvalue weighted by atomic mass is 16.5. The fourth-order valence-electron chi connectivity index (χ4n) is 1.87. The molecule has 1 fully saturated rings. The predicted octanol–water partition coefficient (Wildman–Crippen LogP) is 2.29. The van der Waals surface area contributed by atoms with Crippen molar-refractivity contribution in [2.45, 2.75) is 57.7 Å². The predicted molar refractivity (Wildman–Crippen MR) is 54.1 cm³/mol. The van der Waals surface area contributed by atoms with Crippen molar-refractivity contribution in [3.63, 3.8) is 0 Å². The number of carbonyl (C=O) groups is 1. The molecular formula is C11H20O3. The Bertz CT molecular complexity index is 179. The van der Waals surface area contributed by atoms with Gasteiger partial charge in [-0.2, -0.15) is 0 Å². The highest BCUT2D eigenvalue weighted by Gasteiger charge is 2.24. The fourth-order valence-corrected chi connectivity index (χ4v) is 1.87. The van der Waals surface area contributed by atoms with Crippen molar-refractivity contribution in [3.8, 4) is 0 Å². The standard InChI is InChI=1S/C11H20O3/c1-3-5-11(12)14-10-7-4-6-9(8-10)13-2/h9-10H,3-8H2,1-2H3/t9-,10-/m1/s1. The van der Waals surface area contributed by atoms with Gasteiger partial charge in [-0.15, -0.1) is 0 Å². The van der Waals surface area contributed by atoms with Crippen molar-refractivity contribution in [2.75, 3.05) is 7.11 Å². The first kappa shape index (κ1) is 11.5. The lowest BCUT2D eigenvalue weighted by Crippen LogP contribution is -2.29. The normalized spacial score (nSPS) is 27.3. The van der Waals surface area contributed by atoms with E-state index in [-0.39, 0.29) is 18.2 Å². The number of esters is 1. The Morgan fingerprint density at radius 1 is 1.36 bits per heavy atom. The molecule has 0 radical (unpaired) electrons. The molecular weight excluding hydrogens is 180 g/mol. The first-order valence-electron chi connectivity index (χ1n) is 5.48. The summed E-state index contributed by atoms with van der Waals surface area (Å²) in [4.78, 5) is 11.2. The van der Waals surface area contributed by atoms with Crippen molar-refractivity contribution in [3.05, 3.63) is 0 Å². The van der Waals surface area contributed by atoms with Crippen LogP contribution in [0.4, 0.5) is 0 Å². The molecule has 0 aliphatic heterocycles. The smallest absolute Gasteiger partial charge is 0.306 e. The Kier molecular flexibility index (Phi) is 4.94. The zero-order valence-corrected chi connectivity index (χ0v) is 9.12. The molecule has 0 unspecified atom stereocenters. The van der Waals surface area contributed by atoms with E-state index in [4.69, 9.17) is 9.47 Å². The van der Waals surface area contributed by atoms with Crippen LogP contribution in [-0.2, 0) is 14.3 Å². The number of methoxy groups -OCH3 is 1. The molecule has 1 aliphatic rings. The van der Waals surface area contributed by atoms with Crippen LogP contribution in [0, 0.1) is 0 Å².